The zero-order valence-corrected chi connectivity index (χ0v) is 14.9. The molecule has 0 aromatic heterocycles. The van der Waals surface area contributed by atoms with Gasteiger partial charge in [-0.3, -0.25) is 9.59 Å². The maximum absolute atomic E-state index is 13.8. The summed E-state index contributed by atoms with van der Waals surface area (Å²) in [5.41, 5.74) is 0.878. The Hall–Kier alpha value is -2.60. The van der Waals surface area contributed by atoms with Crippen molar-refractivity contribution in [3.63, 3.8) is 0 Å². The molecule has 1 fully saturated rings. The molecule has 1 aliphatic heterocycles. The van der Waals surface area contributed by atoms with Gasteiger partial charge in [0, 0.05) is 30.1 Å². The van der Waals surface area contributed by atoms with Crippen LogP contribution in [0.3, 0.4) is 0 Å². The molecule has 1 atom stereocenters. The maximum atomic E-state index is 13.8. The van der Waals surface area contributed by atoms with Crippen LogP contribution >= 0.6 is 11.6 Å². The Balaban J connectivity index is 1.68. The molecule has 0 spiro atoms. The number of carbonyl (C=O) groups is 2. The molecule has 1 saturated heterocycles. The fourth-order valence-electron chi connectivity index (χ4n) is 2.95. The summed E-state index contributed by atoms with van der Waals surface area (Å²) >= 11 is 5.96. The van der Waals surface area contributed by atoms with Crippen molar-refractivity contribution in [2.45, 2.75) is 13.0 Å². The van der Waals surface area contributed by atoms with Gasteiger partial charge >= 0.3 is 0 Å². The molecule has 1 unspecified atom stereocenters. The van der Waals surface area contributed by atoms with Crippen molar-refractivity contribution < 1.29 is 18.7 Å². The van der Waals surface area contributed by atoms with Gasteiger partial charge < -0.3 is 15.0 Å². The number of hydrogen-bond donors (Lipinski definition) is 1. The van der Waals surface area contributed by atoms with E-state index in [1.807, 2.05) is 0 Å². The Morgan fingerprint density at radius 2 is 2.12 bits per heavy atom. The van der Waals surface area contributed by atoms with Crippen LogP contribution in [-0.2, 0) is 16.1 Å². The van der Waals surface area contributed by atoms with Crippen molar-refractivity contribution >= 4 is 29.1 Å². The molecule has 2 aromatic rings. The van der Waals surface area contributed by atoms with Crippen LogP contribution in [0, 0.1) is 11.7 Å². The lowest BCUT2D eigenvalue weighted by Gasteiger charge is -2.17. The molecule has 136 valence electrons. The third-order valence-corrected chi connectivity index (χ3v) is 4.56. The van der Waals surface area contributed by atoms with Gasteiger partial charge in [0.15, 0.2) is 0 Å². The van der Waals surface area contributed by atoms with Gasteiger partial charge in [0.05, 0.1) is 18.7 Å². The first kappa shape index (κ1) is 18.2. The Bertz CT molecular complexity index is 843. The highest BCUT2D eigenvalue weighted by Gasteiger charge is 2.34. The number of nitrogens with zero attached hydrogens (tertiary/aromatic N) is 1. The molecule has 5 nitrogen and oxygen atoms in total. The van der Waals surface area contributed by atoms with Crippen LogP contribution in [0.1, 0.15) is 12.0 Å². The zero-order chi connectivity index (χ0) is 18.7. The van der Waals surface area contributed by atoms with Crippen LogP contribution in [0.15, 0.2) is 42.5 Å². The van der Waals surface area contributed by atoms with Crippen molar-refractivity contribution in [2.75, 3.05) is 19.0 Å². The number of anilines is 1. The minimum Gasteiger partial charge on any atom is -0.495 e. The molecular formula is C19H18ClFN2O3. The maximum Gasteiger partial charge on any atom is 0.229 e. The monoisotopic (exact) mass is 376 g/mol. The number of halogens is 2. The van der Waals surface area contributed by atoms with Crippen LogP contribution in [-0.4, -0.2) is 30.4 Å². The quantitative estimate of drug-likeness (QED) is 0.869. The Morgan fingerprint density at radius 1 is 1.35 bits per heavy atom. The number of methoxy groups -OCH3 is 1. The number of amides is 2. The van der Waals surface area contributed by atoms with E-state index in [1.54, 1.807) is 36.4 Å². The van der Waals surface area contributed by atoms with Crippen molar-refractivity contribution in [3.05, 3.63) is 58.9 Å². The van der Waals surface area contributed by atoms with Gasteiger partial charge in [0.2, 0.25) is 11.8 Å². The predicted octanol–water partition coefficient (Wildman–Crippen LogP) is 3.47. The molecule has 1 N–H and O–H groups in total. The van der Waals surface area contributed by atoms with Gasteiger partial charge in [0.1, 0.15) is 11.6 Å². The Labute approximate surface area is 155 Å². The first-order chi connectivity index (χ1) is 12.5. The summed E-state index contributed by atoms with van der Waals surface area (Å²) in [4.78, 5) is 26.3. The minimum atomic E-state index is -0.516. The molecule has 1 heterocycles. The van der Waals surface area contributed by atoms with Gasteiger partial charge in [0.25, 0.3) is 0 Å². The van der Waals surface area contributed by atoms with Crippen LogP contribution in [0.4, 0.5) is 10.1 Å². The third kappa shape index (κ3) is 3.96. The number of nitrogens with one attached hydrogen (secondary N) is 1. The number of hydrogen-bond acceptors (Lipinski definition) is 3. The van der Waals surface area contributed by atoms with E-state index >= 15 is 0 Å². The summed E-state index contributed by atoms with van der Waals surface area (Å²) in [5.74, 6) is -0.869. The largest absolute Gasteiger partial charge is 0.495 e. The van der Waals surface area contributed by atoms with Crippen molar-refractivity contribution in [1.82, 2.24) is 4.90 Å². The second-order valence-electron chi connectivity index (χ2n) is 6.10. The highest BCUT2D eigenvalue weighted by atomic mass is 35.5. The zero-order valence-electron chi connectivity index (χ0n) is 14.2. The smallest absolute Gasteiger partial charge is 0.229 e. The topological polar surface area (TPSA) is 58.6 Å². The first-order valence-electron chi connectivity index (χ1n) is 8.13. The summed E-state index contributed by atoms with van der Waals surface area (Å²) in [7, 11) is 1.49. The number of likely N-dealkylation sites (tertiary alicyclic amines) is 1. The number of ether oxygens (including phenoxy) is 1. The fraction of sp³-hybridized carbons (Fsp3) is 0.263. The molecule has 2 amide bonds. The number of benzene rings is 2. The normalized spacial score (nSPS) is 16.7. The van der Waals surface area contributed by atoms with Gasteiger partial charge in [-0.25, -0.2) is 4.39 Å². The molecule has 0 saturated carbocycles. The van der Waals surface area contributed by atoms with E-state index in [9.17, 15) is 14.0 Å². The summed E-state index contributed by atoms with van der Waals surface area (Å²) in [6, 6.07) is 11.2. The van der Waals surface area contributed by atoms with Gasteiger partial charge in [-0.1, -0.05) is 29.8 Å². The average Bonchev–Trinajstić information content (AvgIpc) is 2.98. The second-order valence-corrected chi connectivity index (χ2v) is 6.54. The minimum absolute atomic E-state index is 0.0865. The Kier molecular flexibility index (Phi) is 5.42. The molecule has 3 rings (SSSR count). The number of carbonyl (C=O) groups excluding carboxylic acids is 2. The first-order valence-corrected chi connectivity index (χ1v) is 8.51. The second kappa shape index (κ2) is 7.74. The molecule has 1 aliphatic rings. The van der Waals surface area contributed by atoms with Gasteiger partial charge in [-0.05, 0) is 24.3 Å². The summed E-state index contributed by atoms with van der Waals surface area (Å²) < 4.78 is 19.0. The summed E-state index contributed by atoms with van der Waals surface area (Å²) in [6.07, 6.45) is 0.0865. The van der Waals surface area contributed by atoms with Crippen LogP contribution in [0.5, 0.6) is 5.75 Å². The standard InChI is InChI=1S/C19H18ClFN2O3/c1-26-17-7-6-14(20)9-16(17)22-19(25)13-8-18(24)23(11-13)10-12-4-2-3-5-15(12)21/h2-7,9,13H,8,10-11H2,1H3,(H,22,25). The third-order valence-electron chi connectivity index (χ3n) is 4.32. The van der Waals surface area contributed by atoms with E-state index in [2.05, 4.69) is 5.32 Å². The molecule has 7 heteroatoms. The van der Waals surface area contributed by atoms with E-state index < -0.39 is 5.92 Å². The van der Waals surface area contributed by atoms with Gasteiger partial charge in [-0.15, -0.1) is 0 Å². The molecular weight excluding hydrogens is 359 g/mol. The van der Waals surface area contributed by atoms with E-state index in [1.165, 1.54) is 18.1 Å². The highest BCUT2D eigenvalue weighted by molar-refractivity contribution is 6.31. The van der Waals surface area contributed by atoms with Gasteiger partial charge in [-0.2, -0.15) is 0 Å². The van der Waals surface area contributed by atoms with Crippen LogP contribution < -0.4 is 10.1 Å². The predicted molar refractivity (Wildman–Crippen MR) is 96.6 cm³/mol. The van der Waals surface area contributed by atoms with E-state index in [-0.39, 0.29) is 37.1 Å². The lowest BCUT2D eigenvalue weighted by atomic mass is 10.1. The summed E-state index contributed by atoms with van der Waals surface area (Å²) in [6.45, 7) is 0.387. The van der Waals surface area contributed by atoms with Crippen molar-refractivity contribution in [1.29, 1.82) is 0 Å². The molecule has 0 bridgehead atoms. The molecule has 0 aliphatic carbocycles. The van der Waals surface area contributed by atoms with E-state index in [0.29, 0.717) is 22.0 Å². The van der Waals surface area contributed by atoms with Crippen LogP contribution in [0.25, 0.3) is 0 Å². The molecule has 2 aromatic carbocycles. The number of rotatable bonds is 5. The van der Waals surface area contributed by atoms with Crippen molar-refractivity contribution in [2.24, 2.45) is 5.92 Å². The average molecular weight is 377 g/mol. The van der Waals surface area contributed by atoms with Crippen LogP contribution in [0.2, 0.25) is 5.02 Å². The SMILES string of the molecule is COc1ccc(Cl)cc1NC(=O)C1CC(=O)N(Cc2ccccc2F)C1. The molecule has 0 radical (unpaired) electrons. The van der Waals surface area contributed by atoms with E-state index in [0.717, 1.165) is 0 Å². The highest BCUT2D eigenvalue weighted by Crippen LogP contribution is 2.29. The lowest BCUT2D eigenvalue weighted by molar-refractivity contribution is -0.128. The lowest BCUT2D eigenvalue weighted by Crippen LogP contribution is -2.28. The summed E-state index contributed by atoms with van der Waals surface area (Å²) in [5, 5.41) is 3.22. The van der Waals surface area contributed by atoms with E-state index in [4.69, 9.17) is 16.3 Å². The fourth-order valence-corrected chi connectivity index (χ4v) is 3.12. The van der Waals surface area contributed by atoms with Crippen molar-refractivity contribution in [3.8, 4) is 5.75 Å². The molecule has 26 heavy (non-hydrogen) atoms. The Morgan fingerprint density at radius 3 is 2.85 bits per heavy atom.